The molecule has 1 aliphatic rings. The Morgan fingerprint density at radius 1 is 1.40 bits per heavy atom. The molecule has 2 nitrogen and oxygen atoms in total. The minimum Gasteiger partial charge on any atom is -0.386 e. The fraction of sp³-hybridized carbons (Fsp3) is 0.455. The predicted molar refractivity (Wildman–Crippen MR) is 60.4 cm³/mol. The van der Waals surface area contributed by atoms with E-state index in [1.54, 1.807) is 18.2 Å². The molecule has 82 valence electrons. The van der Waals surface area contributed by atoms with Gasteiger partial charge in [0.15, 0.2) is 0 Å². The number of aliphatic hydroxyl groups is 1. The van der Waals surface area contributed by atoms with Crippen LogP contribution in [0.1, 0.15) is 24.5 Å². The van der Waals surface area contributed by atoms with E-state index in [-0.39, 0.29) is 6.10 Å². The van der Waals surface area contributed by atoms with E-state index in [1.165, 1.54) is 0 Å². The second kappa shape index (κ2) is 4.71. The molecule has 0 bridgehead atoms. The van der Waals surface area contributed by atoms with Crippen molar-refractivity contribution in [3.63, 3.8) is 0 Å². The molecule has 1 fully saturated rings. The molecule has 2 unspecified atom stereocenters. The Morgan fingerprint density at radius 2 is 2.20 bits per heavy atom. The highest BCUT2D eigenvalue weighted by Gasteiger charge is 2.27. The molecule has 1 aromatic rings. The van der Waals surface area contributed by atoms with E-state index in [9.17, 15) is 5.11 Å². The van der Waals surface area contributed by atoms with E-state index in [0.29, 0.717) is 22.2 Å². The summed E-state index contributed by atoms with van der Waals surface area (Å²) >= 11 is 11.9. The normalized spacial score (nSPS) is 23.0. The van der Waals surface area contributed by atoms with Gasteiger partial charge in [-0.15, -0.1) is 0 Å². The number of hydrogen-bond donors (Lipinski definition) is 1. The van der Waals surface area contributed by atoms with Crippen molar-refractivity contribution in [3.8, 4) is 0 Å². The van der Waals surface area contributed by atoms with Gasteiger partial charge in [-0.1, -0.05) is 35.3 Å². The van der Waals surface area contributed by atoms with Crippen molar-refractivity contribution in [2.24, 2.45) is 0 Å². The van der Waals surface area contributed by atoms with Gasteiger partial charge < -0.3 is 9.84 Å². The van der Waals surface area contributed by atoms with E-state index in [0.717, 1.165) is 12.8 Å². The smallest absolute Gasteiger partial charge is 0.107 e. The predicted octanol–water partition coefficient (Wildman–Crippen LogP) is 3.21. The Labute approximate surface area is 98.8 Å². The van der Waals surface area contributed by atoms with Crippen LogP contribution in [0.25, 0.3) is 0 Å². The van der Waals surface area contributed by atoms with E-state index in [2.05, 4.69) is 0 Å². The molecule has 1 heterocycles. The van der Waals surface area contributed by atoms with Crippen molar-refractivity contribution in [1.82, 2.24) is 0 Å². The Balaban J connectivity index is 2.24. The van der Waals surface area contributed by atoms with Crippen LogP contribution in [0.15, 0.2) is 18.2 Å². The van der Waals surface area contributed by atoms with Crippen LogP contribution >= 0.6 is 23.2 Å². The molecular formula is C11H12Cl2O2. The maximum atomic E-state index is 10.1. The lowest BCUT2D eigenvalue weighted by Crippen LogP contribution is -2.17. The third-order valence-electron chi connectivity index (χ3n) is 2.62. The van der Waals surface area contributed by atoms with Crippen LogP contribution in [0.2, 0.25) is 10.0 Å². The molecule has 0 spiro atoms. The topological polar surface area (TPSA) is 29.5 Å². The average molecular weight is 247 g/mol. The third-order valence-corrected chi connectivity index (χ3v) is 3.45. The van der Waals surface area contributed by atoms with Crippen molar-refractivity contribution in [2.45, 2.75) is 25.0 Å². The lowest BCUT2D eigenvalue weighted by Gasteiger charge is -2.19. The standard InChI is InChI=1S/C11H12Cl2O2/c12-8-4-1-3-7(10(8)13)11(14)9-5-2-6-15-9/h1,3-4,9,11,14H,2,5-6H2. The van der Waals surface area contributed by atoms with Gasteiger partial charge in [-0.25, -0.2) is 0 Å². The first-order valence-corrected chi connectivity index (χ1v) is 5.69. The van der Waals surface area contributed by atoms with Gasteiger partial charge >= 0.3 is 0 Å². The van der Waals surface area contributed by atoms with E-state index in [1.807, 2.05) is 0 Å². The summed E-state index contributed by atoms with van der Waals surface area (Å²) in [6, 6.07) is 5.26. The number of hydrogen-bond acceptors (Lipinski definition) is 2. The van der Waals surface area contributed by atoms with E-state index >= 15 is 0 Å². The van der Waals surface area contributed by atoms with Crippen molar-refractivity contribution in [1.29, 1.82) is 0 Å². The molecule has 15 heavy (non-hydrogen) atoms. The zero-order valence-corrected chi connectivity index (χ0v) is 9.63. The quantitative estimate of drug-likeness (QED) is 0.869. The van der Waals surface area contributed by atoms with Crippen LogP contribution in [0.5, 0.6) is 0 Å². The van der Waals surface area contributed by atoms with Crippen LogP contribution in [0, 0.1) is 0 Å². The van der Waals surface area contributed by atoms with Crippen molar-refractivity contribution in [2.75, 3.05) is 6.61 Å². The largest absolute Gasteiger partial charge is 0.386 e. The van der Waals surface area contributed by atoms with Crippen LogP contribution in [0.4, 0.5) is 0 Å². The Bertz CT molecular complexity index is 348. The second-order valence-electron chi connectivity index (χ2n) is 3.64. The van der Waals surface area contributed by atoms with E-state index in [4.69, 9.17) is 27.9 Å². The fourth-order valence-electron chi connectivity index (χ4n) is 1.80. The lowest BCUT2D eigenvalue weighted by molar-refractivity contribution is -0.00253. The monoisotopic (exact) mass is 246 g/mol. The first-order chi connectivity index (χ1) is 7.20. The average Bonchev–Trinajstić information content (AvgIpc) is 2.74. The summed E-state index contributed by atoms with van der Waals surface area (Å²) in [5, 5.41) is 10.9. The molecule has 4 heteroatoms. The highest BCUT2D eigenvalue weighted by Crippen LogP contribution is 2.34. The number of aliphatic hydroxyl groups excluding tert-OH is 1. The van der Waals surface area contributed by atoms with Gasteiger partial charge in [-0.3, -0.25) is 0 Å². The zero-order valence-electron chi connectivity index (χ0n) is 8.12. The number of benzene rings is 1. The van der Waals surface area contributed by atoms with Crippen LogP contribution in [0.3, 0.4) is 0 Å². The van der Waals surface area contributed by atoms with Gasteiger partial charge in [0.05, 0.1) is 16.1 Å². The maximum Gasteiger partial charge on any atom is 0.107 e. The van der Waals surface area contributed by atoms with Gasteiger partial charge in [-0.05, 0) is 18.9 Å². The summed E-state index contributed by atoms with van der Waals surface area (Å²) in [6.07, 6.45) is 1.02. The minimum absolute atomic E-state index is 0.152. The van der Waals surface area contributed by atoms with Gasteiger partial charge in [0.2, 0.25) is 0 Å². The molecule has 1 aliphatic heterocycles. The molecule has 1 aromatic carbocycles. The molecule has 0 aliphatic carbocycles. The fourth-order valence-corrected chi connectivity index (χ4v) is 2.22. The summed E-state index contributed by atoms with van der Waals surface area (Å²) in [5.74, 6) is 0. The summed E-state index contributed by atoms with van der Waals surface area (Å²) in [7, 11) is 0. The molecule has 0 amide bonds. The van der Waals surface area contributed by atoms with E-state index < -0.39 is 6.10 Å². The SMILES string of the molecule is OC(c1cccc(Cl)c1Cl)C1CCCO1. The summed E-state index contributed by atoms with van der Waals surface area (Å²) < 4.78 is 5.41. The Hall–Kier alpha value is -0.280. The Kier molecular flexibility index (Phi) is 3.52. The number of halogens is 2. The second-order valence-corrected chi connectivity index (χ2v) is 4.42. The lowest BCUT2D eigenvalue weighted by atomic mass is 10.0. The van der Waals surface area contributed by atoms with Gasteiger partial charge in [-0.2, -0.15) is 0 Å². The van der Waals surface area contributed by atoms with Crippen LogP contribution in [-0.2, 0) is 4.74 Å². The molecule has 0 radical (unpaired) electrons. The third kappa shape index (κ3) is 2.28. The van der Waals surface area contributed by atoms with Crippen molar-refractivity contribution in [3.05, 3.63) is 33.8 Å². The first-order valence-electron chi connectivity index (χ1n) is 4.93. The molecule has 2 atom stereocenters. The maximum absolute atomic E-state index is 10.1. The molecule has 1 saturated heterocycles. The van der Waals surface area contributed by atoms with Gasteiger partial charge in [0, 0.05) is 12.2 Å². The summed E-state index contributed by atoms with van der Waals surface area (Å²) in [4.78, 5) is 0. The molecule has 2 rings (SSSR count). The van der Waals surface area contributed by atoms with Gasteiger partial charge in [0.1, 0.15) is 6.10 Å². The van der Waals surface area contributed by atoms with Crippen LogP contribution in [-0.4, -0.2) is 17.8 Å². The van der Waals surface area contributed by atoms with Gasteiger partial charge in [0.25, 0.3) is 0 Å². The highest BCUT2D eigenvalue weighted by molar-refractivity contribution is 6.42. The van der Waals surface area contributed by atoms with Crippen molar-refractivity contribution >= 4 is 23.2 Å². The molecule has 1 N–H and O–H groups in total. The summed E-state index contributed by atoms with van der Waals surface area (Å²) in [5.41, 5.74) is 0.649. The first kappa shape index (κ1) is 11.2. The zero-order chi connectivity index (χ0) is 10.8. The number of ether oxygens (including phenoxy) is 1. The highest BCUT2D eigenvalue weighted by atomic mass is 35.5. The molecule has 0 saturated carbocycles. The Morgan fingerprint density at radius 3 is 2.87 bits per heavy atom. The number of rotatable bonds is 2. The van der Waals surface area contributed by atoms with Crippen molar-refractivity contribution < 1.29 is 9.84 Å². The van der Waals surface area contributed by atoms with Crippen LogP contribution < -0.4 is 0 Å². The minimum atomic E-state index is -0.682. The molecular weight excluding hydrogens is 235 g/mol. The summed E-state index contributed by atoms with van der Waals surface area (Å²) in [6.45, 7) is 0.708. The molecule has 0 aromatic heterocycles.